The number of anilines is 3. The van der Waals surface area contributed by atoms with Crippen LogP contribution in [0.5, 0.6) is 0 Å². The number of nitrogens with zero attached hydrogens (tertiary/aromatic N) is 2. The zero-order valence-electron chi connectivity index (χ0n) is 11.5. The molecule has 2 N–H and O–H groups in total. The fraction of sp³-hybridized carbons (Fsp3) is 0.200. The van der Waals surface area contributed by atoms with Gasteiger partial charge in [-0.3, -0.25) is 0 Å². The maximum Gasteiger partial charge on any atom is 0.139 e. The summed E-state index contributed by atoms with van der Waals surface area (Å²) in [5, 5.41) is 9.86. The van der Waals surface area contributed by atoms with Crippen molar-refractivity contribution in [2.75, 3.05) is 17.7 Å². The van der Waals surface area contributed by atoms with Crippen molar-refractivity contribution in [2.45, 2.75) is 13.3 Å². The smallest absolute Gasteiger partial charge is 0.139 e. The highest BCUT2D eigenvalue weighted by atomic mass is 32.1. The molecule has 20 heavy (non-hydrogen) atoms. The quantitative estimate of drug-likeness (QED) is 0.759. The number of nitrogens with one attached hydrogen (secondary N) is 2. The second-order valence-electron chi connectivity index (χ2n) is 4.45. The normalized spacial score (nSPS) is 10.7. The van der Waals surface area contributed by atoms with Crippen LogP contribution in [0.2, 0.25) is 0 Å². The van der Waals surface area contributed by atoms with Crippen molar-refractivity contribution >= 4 is 38.7 Å². The molecule has 0 bridgehead atoms. The van der Waals surface area contributed by atoms with Gasteiger partial charge in [-0.1, -0.05) is 6.92 Å². The molecule has 0 aliphatic heterocycles. The summed E-state index contributed by atoms with van der Waals surface area (Å²) in [6.07, 6.45) is 2.45. The number of hydrogen-bond acceptors (Lipinski definition) is 5. The highest BCUT2D eigenvalue weighted by Gasteiger charge is 2.09. The van der Waals surface area contributed by atoms with Crippen molar-refractivity contribution in [3.8, 4) is 0 Å². The van der Waals surface area contributed by atoms with E-state index in [0.29, 0.717) is 0 Å². The zero-order valence-corrected chi connectivity index (χ0v) is 12.3. The molecule has 3 aromatic rings. The Morgan fingerprint density at radius 2 is 2.00 bits per heavy atom. The minimum absolute atomic E-state index is 0.862. The van der Waals surface area contributed by atoms with Gasteiger partial charge in [0.15, 0.2) is 0 Å². The standard InChI is InChI=1S/C15H16N4S/c1-3-12-14(16-2)17-9-18-15(12)19-11-4-5-13-10(8-11)6-7-20-13/h4-9H,3H2,1-2H3,(H2,16,17,18,19). The SMILES string of the molecule is CCc1c(NC)ncnc1Nc1ccc2sccc2c1. The molecule has 0 radical (unpaired) electrons. The lowest BCUT2D eigenvalue weighted by molar-refractivity contribution is 1.05. The summed E-state index contributed by atoms with van der Waals surface area (Å²) in [7, 11) is 1.88. The third-order valence-corrected chi connectivity index (χ3v) is 4.15. The first-order valence-corrected chi connectivity index (χ1v) is 7.45. The predicted octanol–water partition coefficient (Wildman–Crippen LogP) is 4.04. The Balaban J connectivity index is 1.97. The Hall–Kier alpha value is -2.14. The lowest BCUT2D eigenvalue weighted by Crippen LogP contribution is -2.04. The van der Waals surface area contributed by atoms with Gasteiger partial charge in [0.1, 0.15) is 18.0 Å². The summed E-state index contributed by atoms with van der Waals surface area (Å²) in [4.78, 5) is 8.61. The van der Waals surface area contributed by atoms with E-state index in [1.807, 2.05) is 7.05 Å². The molecule has 0 spiro atoms. The van der Waals surface area contributed by atoms with Crippen molar-refractivity contribution in [3.63, 3.8) is 0 Å². The first kappa shape index (κ1) is 12.9. The Bertz CT molecular complexity index is 736. The summed E-state index contributed by atoms with van der Waals surface area (Å²) in [5.41, 5.74) is 2.15. The van der Waals surface area contributed by atoms with E-state index >= 15 is 0 Å². The van der Waals surface area contributed by atoms with E-state index in [2.05, 4.69) is 57.2 Å². The zero-order chi connectivity index (χ0) is 13.9. The van der Waals surface area contributed by atoms with Gasteiger partial charge in [0.25, 0.3) is 0 Å². The second kappa shape index (κ2) is 5.46. The summed E-state index contributed by atoms with van der Waals surface area (Å²) < 4.78 is 1.30. The molecule has 5 heteroatoms. The lowest BCUT2D eigenvalue weighted by atomic mass is 10.2. The minimum Gasteiger partial charge on any atom is -0.373 e. The summed E-state index contributed by atoms with van der Waals surface area (Å²) in [6, 6.07) is 8.49. The minimum atomic E-state index is 0.862. The Morgan fingerprint density at radius 1 is 1.15 bits per heavy atom. The van der Waals surface area contributed by atoms with Crippen LogP contribution in [-0.2, 0) is 6.42 Å². The average molecular weight is 284 g/mol. The van der Waals surface area contributed by atoms with E-state index in [0.717, 1.165) is 29.3 Å². The number of benzene rings is 1. The van der Waals surface area contributed by atoms with Crippen LogP contribution in [-0.4, -0.2) is 17.0 Å². The van der Waals surface area contributed by atoms with E-state index < -0.39 is 0 Å². The first-order valence-electron chi connectivity index (χ1n) is 6.57. The van der Waals surface area contributed by atoms with Crippen LogP contribution < -0.4 is 10.6 Å². The number of fused-ring (bicyclic) bond motifs is 1. The van der Waals surface area contributed by atoms with E-state index in [1.165, 1.54) is 10.1 Å². The monoisotopic (exact) mass is 284 g/mol. The molecule has 4 nitrogen and oxygen atoms in total. The molecule has 2 heterocycles. The largest absolute Gasteiger partial charge is 0.373 e. The van der Waals surface area contributed by atoms with Crippen molar-refractivity contribution in [2.24, 2.45) is 0 Å². The number of rotatable bonds is 4. The van der Waals surface area contributed by atoms with Gasteiger partial charge in [-0.25, -0.2) is 9.97 Å². The van der Waals surface area contributed by atoms with Gasteiger partial charge in [0.05, 0.1) is 0 Å². The van der Waals surface area contributed by atoms with Crippen molar-refractivity contribution in [1.29, 1.82) is 0 Å². The highest BCUT2D eigenvalue weighted by molar-refractivity contribution is 7.17. The summed E-state index contributed by atoms with van der Waals surface area (Å²) in [5.74, 6) is 1.74. The van der Waals surface area contributed by atoms with Crippen LogP contribution >= 0.6 is 11.3 Å². The Morgan fingerprint density at radius 3 is 2.80 bits per heavy atom. The molecule has 0 saturated carbocycles. The van der Waals surface area contributed by atoms with Crippen LogP contribution in [0.3, 0.4) is 0 Å². The molecule has 1 aromatic carbocycles. The van der Waals surface area contributed by atoms with Gasteiger partial charge in [-0.15, -0.1) is 11.3 Å². The molecule has 0 fully saturated rings. The molecule has 0 aliphatic carbocycles. The van der Waals surface area contributed by atoms with Crippen LogP contribution in [0.4, 0.5) is 17.3 Å². The van der Waals surface area contributed by atoms with Crippen LogP contribution in [0.15, 0.2) is 36.0 Å². The third kappa shape index (κ3) is 2.32. The maximum atomic E-state index is 4.36. The fourth-order valence-electron chi connectivity index (χ4n) is 2.25. The molecule has 102 valence electrons. The topological polar surface area (TPSA) is 49.8 Å². The predicted molar refractivity (Wildman–Crippen MR) is 86.1 cm³/mol. The van der Waals surface area contributed by atoms with E-state index in [9.17, 15) is 0 Å². The molecule has 0 aliphatic rings. The molecule has 0 unspecified atom stereocenters. The van der Waals surface area contributed by atoms with Crippen LogP contribution in [0.25, 0.3) is 10.1 Å². The second-order valence-corrected chi connectivity index (χ2v) is 5.40. The molecule has 0 atom stereocenters. The average Bonchev–Trinajstić information content (AvgIpc) is 2.94. The van der Waals surface area contributed by atoms with Gasteiger partial charge in [0.2, 0.25) is 0 Å². The third-order valence-electron chi connectivity index (χ3n) is 3.25. The van der Waals surface area contributed by atoms with Gasteiger partial charge in [-0.05, 0) is 41.5 Å². The lowest BCUT2D eigenvalue weighted by Gasteiger charge is -2.12. The van der Waals surface area contributed by atoms with Crippen LogP contribution in [0, 0.1) is 0 Å². The Kier molecular flexibility index (Phi) is 3.52. The van der Waals surface area contributed by atoms with Gasteiger partial charge >= 0.3 is 0 Å². The number of thiophene rings is 1. The fourth-order valence-corrected chi connectivity index (χ4v) is 3.02. The van der Waals surface area contributed by atoms with Crippen LogP contribution in [0.1, 0.15) is 12.5 Å². The molecule has 0 saturated heterocycles. The molecule has 2 aromatic heterocycles. The first-order chi connectivity index (χ1) is 9.81. The number of aromatic nitrogens is 2. The Labute approximate surface area is 121 Å². The molecule has 3 rings (SSSR count). The molecule has 0 amide bonds. The summed E-state index contributed by atoms with van der Waals surface area (Å²) >= 11 is 1.75. The van der Waals surface area contributed by atoms with Gasteiger partial charge < -0.3 is 10.6 Å². The number of hydrogen-bond donors (Lipinski definition) is 2. The van der Waals surface area contributed by atoms with Crippen molar-refractivity contribution in [3.05, 3.63) is 41.5 Å². The highest BCUT2D eigenvalue weighted by Crippen LogP contribution is 2.28. The van der Waals surface area contributed by atoms with E-state index in [1.54, 1.807) is 17.7 Å². The molecular formula is C15H16N4S. The van der Waals surface area contributed by atoms with E-state index in [4.69, 9.17) is 0 Å². The van der Waals surface area contributed by atoms with Gasteiger partial charge in [0, 0.05) is 23.0 Å². The maximum absolute atomic E-state index is 4.36. The molecular weight excluding hydrogens is 268 g/mol. The summed E-state index contributed by atoms with van der Waals surface area (Å²) in [6.45, 7) is 2.10. The van der Waals surface area contributed by atoms with Crippen molar-refractivity contribution < 1.29 is 0 Å². The van der Waals surface area contributed by atoms with Gasteiger partial charge in [-0.2, -0.15) is 0 Å². The van der Waals surface area contributed by atoms with Crippen molar-refractivity contribution in [1.82, 2.24) is 9.97 Å². The van der Waals surface area contributed by atoms with E-state index in [-0.39, 0.29) is 0 Å².